The Morgan fingerprint density at radius 1 is 0.829 bits per heavy atom. The van der Waals surface area contributed by atoms with Crippen molar-refractivity contribution in [2.24, 2.45) is 7.05 Å². The van der Waals surface area contributed by atoms with Gasteiger partial charge in [0.25, 0.3) is 0 Å². The molecule has 2 aromatic carbocycles. The molecule has 35 heavy (non-hydrogen) atoms. The molecule has 170 valence electrons. The molecule has 0 aliphatic carbocycles. The van der Waals surface area contributed by atoms with E-state index in [0.717, 1.165) is 56.2 Å². The number of fused-ring (bicyclic) bond motifs is 1. The summed E-state index contributed by atoms with van der Waals surface area (Å²) in [6.45, 7) is 2.05. The van der Waals surface area contributed by atoms with Crippen LogP contribution in [0.15, 0.2) is 90.5 Å². The molecule has 0 saturated carbocycles. The summed E-state index contributed by atoms with van der Waals surface area (Å²) < 4.78 is 3.32. The van der Waals surface area contributed by atoms with Crippen LogP contribution in [0.4, 0.5) is 0 Å². The van der Waals surface area contributed by atoms with Gasteiger partial charge in [-0.05, 0) is 37.3 Å². The van der Waals surface area contributed by atoms with Crippen LogP contribution in [-0.2, 0) is 7.05 Å². The van der Waals surface area contributed by atoms with Gasteiger partial charge in [-0.3, -0.25) is 24.1 Å². The van der Waals surface area contributed by atoms with Gasteiger partial charge in [0.1, 0.15) is 5.82 Å². The SMILES string of the molecule is Cc1ccc(-c2cnccn2)c(-c2ncc(-c3ccc4c(c3)n(C)c(=O)n4-c3cccnc3)[nH]2)c1. The number of pyridine rings is 1. The number of aromatic nitrogens is 7. The summed E-state index contributed by atoms with van der Waals surface area (Å²) >= 11 is 0. The highest BCUT2D eigenvalue weighted by molar-refractivity contribution is 5.84. The van der Waals surface area contributed by atoms with E-state index in [9.17, 15) is 4.79 Å². The monoisotopic (exact) mass is 459 g/mol. The summed E-state index contributed by atoms with van der Waals surface area (Å²) in [6.07, 6.45) is 10.3. The van der Waals surface area contributed by atoms with Gasteiger partial charge in [0.15, 0.2) is 0 Å². The number of aromatic amines is 1. The average Bonchev–Trinajstić information content (AvgIpc) is 3.48. The molecule has 0 aliphatic rings. The van der Waals surface area contributed by atoms with Crippen molar-refractivity contribution >= 4 is 11.0 Å². The summed E-state index contributed by atoms with van der Waals surface area (Å²) in [6, 6.07) is 15.8. The van der Waals surface area contributed by atoms with E-state index in [1.807, 2.05) is 42.6 Å². The van der Waals surface area contributed by atoms with E-state index in [0.29, 0.717) is 0 Å². The average molecular weight is 460 g/mol. The van der Waals surface area contributed by atoms with Crippen LogP contribution in [-0.4, -0.2) is 34.1 Å². The first-order chi connectivity index (χ1) is 17.1. The van der Waals surface area contributed by atoms with Gasteiger partial charge in [-0.15, -0.1) is 0 Å². The third-order valence-electron chi connectivity index (χ3n) is 6.12. The van der Waals surface area contributed by atoms with E-state index in [1.165, 1.54) is 0 Å². The molecule has 8 nitrogen and oxygen atoms in total. The molecule has 0 radical (unpaired) electrons. The molecule has 0 unspecified atom stereocenters. The first kappa shape index (κ1) is 20.7. The molecule has 4 aromatic heterocycles. The summed E-state index contributed by atoms with van der Waals surface area (Å²) in [5.74, 6) is 0.742. The van der Waals surface area contributed by atoms with Crippen LogP contribution in [0.2, 0.25) is 0 Å². The van der Waals surface area contributed by atoms with Crippen LogP contribution in [0.25, 0.3) is 50.6 Å². The van der Waals surface area contributed by atoms with Crippen molar-refractivity contribution in [3.63, 3.8) is 0 Å². The van der Waals surface area contributed by atoms with Crippen molar-refractivity contribution in [2.75, 3.05) is 0 Å². The molecule has 8 heteroatoms. The zero-order chi connectivity index (χ0) is 23.9. The van der Waals surface area contributed by atoms with Gasteiger partial charge in [0, 0.05) is 42.3 Å². The zero-order valence-corrected chi connectivity index (χ0v) is 19.2. The molecular weight excluding hydrogens is 438 g/mol. The number of nitrogens with one attached hydrogen (secondary N) is 1. The molecule has 0 amide bonds. The van der Waals surface area contributed by atoms with E-state index in [-0.39, 0.29) is 5.69 Å². The fourth-order valence-corrected chi connectivity index (χ4v) is 4.36. The smallest absolute Gasteiger partial charge is 0.333 e. The highest BCUT2D eigenvalue weighted by Gasteiger charge is 2.16. The van der Waals surface area contributed by atoms with E-state index < -0.39 is 0 Å². The second-order valence-corrected chi connectivity index (χ2v) is 8.38. The lowest BCUT2D eigenvalue weighted by molar-refractivity contribution is 0.844. The van der Waals surface area contributed by atoms with Gasteiger partial charge < -0.3 is 4.98 Å². The summed E-state index contributed by atoms with van der Waals surface area (Å²) in [5.41, 5.74) is 7.86. The molecule has 1 N–H and O–H groups in total. The number of imidazole rings is 2. The van der Waals surface area contributed by atoms with E-state index in [1.54, 1.807) is 47.2 Å². The Hall–Kier alpha value is -4.85. The third kappa shape index (κ3) is 3.52. The molecular formula is C27H21N7O. The maximum Gasteiger partial charge on any atom is 0.333 e. The number of nitrogens with zero attached hydrogens (tertiary/aromatic N) is 6. The molecule has 4 heterocycles. The molecule has 6 aromatic rings. The van der Waals surface area contributed by atoms with Crippen molar-refractivity contribution in [1.82, 2.24) is 34.1 Å². The Kier molecular flexibility index (Phi) is 4.84. The predicted octanol–water partition coefficient (Wildman–Crippen LogP) is 4.55. The fourth-order valence-electron chi connectivity index (χ4n) is 4.36. The molecule has 0 saturated heterocycles. The first-order valence-electron chi connectivity index (χ1n) is 11.1. The third-order valence-corrected chi connectivity index (χ3v) is 6.12. The maximum atomic E-state index is 13.0. The van der Waals surface area contributed by atoms with Gasteiger partial charge in [0.2, 0.25) is 0 Å². The number of aryl methyl sites for hydroxylation is 2. The quantitative estimate of drug-likeness (QED) is 0.417. The van der Waals surface area contributed by atoms with Crippen LogP contribution < -0.4 is 5.69 Å². The fraction of sp³-hybridized carbons (Fsp3) is 0.0741. The highest BCUT2D eigenvalue weighted by Crippen LogP contribution is 2.32. The maximum absolute atomic E-state index is 13.0. The Balaban J connectivity index is 1.45. The van der Waals surface area contributed by atoms with Crippen molar-refractivity contribution in [1.29, 1.82) is 0 Å². The van der Waals surface area contributed by atoms with Gasteiger partial charge in [0.05, 0.1) is 46.7 Å². The van der Waals surface area contributed by atoms with Crippen molar-refractivity contribution in [3.8, 4) is 39.6 Å². The van der Waals surface area contributed by atoms with Gasteiger partial charge in [-0.25, -0.2) is 9.78 Å². The summed E-state index contributed by atoms with van der Waals surface area (Å²) in [7, 11) is 1.78. The van der Waals surface area contributed by atoms with E-state index in [2.05, 4.69) is 44.0 Å². The summed E-state index contributed by atoms with van der Waals surface area (Å²) in [4.78, 5) is 34.0. The lowest BCUT2D eigenvalue weighted by Crippen LogP contribution is -2.20. The Morgan fingerprint density at radius 2 is 1.71 bits per heavy atom. The first-order valence-corrected chi connectivity index (χ1v) is 11.1. The van der Waals surface area contributed by atoms with E-state index in [4.69, 9.17) is 0 Å². The largest absolute Gasteiger partial charge is 0.338 e. The number of rotatable bonds is 4. The number of benzene rings is 2. The van der Waals surface area contributed by atoms with Crippen LogP contribution in [0, 0.1) is 6.92 Å². The minimum Gasteiger partial charge on any atom is -0.338 e. The standard InChI is InChI=1S/C27H21N7O/c1-17-5-7-20(23-15-29-10-11-30-23)21(12-17)26-31-16-22(32-26)18-6-8-24-25(13-18)33(2)27(35)34(24)19-4-3-9-28-14-19/h3-16H,1-2H3,(H,31,32). The lowest BCUT2D eigenvalue weighted by atomic mass is 10.0. The number of H-pyrrole nitrogens is 1. The highest BCUT2D eigenvalue weighted by atomic mass is 16.1. The van der Waals surface area contributed by atoms with E-state index >= 15 is 0 Å². The minimum atomic E-state index is -0.121. The topological polar surface area (TPSA) is 94.3 Å². The van der Waals surface area contributed by atoms with Crippen molar-refractivity contribution < 1.29 is 0 Å². The second-order valence-electron chi connectivity index (χ2n) is 8.38. The predicted molar refractivity (Wildman–Crippen MR) is 135 cm³/mol. The Morgan fingerprint density at radius 3 is 2.51 bits per heavy atom. The number of hydrogen-bond acceptors (Lipinski definition) is 5. The zero-order valence-electron chi connectivity index (χ0n) is 19.2. The molecule has 0 fully saturated rings. The van der Waals surface area contributed by atoms with Crippen LogP contribution >= 0.6 is 0 Å². The molecule has 0 atom stereocenters. The summed E-state index contributed by atoms with van der Waals surface area (Å²) in [5, 5.41) is 0. The second kappa shape index (κ2) is 8.18. The van der Waals surface area contributed by atoms with Crippen molar-refractivity contribution in [2.45, 2.75) is 6.92 Å². The number of hydrogen-bond donors (Lipinski definition) is 1. The normalized spacial score (nSPS) is 11.3. The van der Waals surface area contributed by atoms with Gasteiger partial charge >= 0.3 is 5.69 Å². The molecule has 0 spiro atoms. The van der Waals surface area contributed by atoms with Crippen LogP contribution in [0.5, 0.6) is 0 Å². The van der Waals surface area contributed by atoms with Crippen LogP contribution in [0.1, 0.15) is 5.56 Å². The molecule has 6 rings (SSSR count). The van der Waals surface area contributed by atoms with Crippen molar-refractivity contribution in [3.05, 3.63) is 102 Å². The molecule has 0 aliphatic heterocycles. The van der Waals surface area contributed by atoms with Gasteiger partial charge in [-0.1, -0.05) is 23.8 Å². The molecule has 0 bridgehead atoms. The van der Waals surface area contributed by atoms with Crippen LogP contribution in [0.3, 0.4) is 0 Å². The lowest BCUT2D eigenvalue weighted by Gasteiger charge is -2.08. The Labute approximate surface area is 200 Å². The Bertz CT molecular complexity index is 1730. The minimum absolute atomic E-state index is 0.121. The van der Waals surface area contributed by atoms with Gasteiger partial charge in [-0.2, -0.15) is 0 Å².